The van der Waals surface area contributed by atoms with Crippen LogP contribution in [0.4, 0.5) is 4.39 Å². The van der Waals surface area contributed by atoms with Gasteiger partial charge < -0.3 is 5.32 Å². The van der Waals surface area contributed by atoms with Gasteiger partial charge in [0, 0.05) is 17.3 Å². The van der Waals surface area contributed by atoms with Crippen molar-refractivity contribution >= 4 is 12.0 Å². The third kappa shape index (κ3) is 4.25. The Balaban J connectivity index is 1.87. The maximum Gasteiger partial charge on any atom is 0.262 e. The molecule has 0 bridgehead atoms. The van der Waals surface area contributed by atoms with E-state index in [1.54, 1.807) is 22.9 Å². The van der Waals surface area contributed by atoms with E-state index in [0.29, 0.717) is 5.69 Å². The van der Waals surface area contributed by atoms with Gasteiger partial charge in [-0.15, -0.1) is 0 Å². The third-order valence-electron chi connectivity index (χ3n) is 5.01. The largest absolute Gasteiger partial charge is 0.349 e. The lowest BCUT2D eigenvalue weighted by molar-refractivity contribution is -0.117. The van der Waals surface area contributed by atoms with Crippen LogP contribution in [0, 0.1) is 31.0 Å². The number of amides is 1. The molecule has 1 aliphatic carbocycles. The number of aromatic nitrogens is 2. The molecule has 1 amide bonds. The minimum absolute atomic E-state index is 0.0745. The fourth-order valence-electron chi connectivity index (χ4n) is 3.50. The van der Waals surface area contributed by atoms with Crippen LogP contribution in [0.1, 0.15) is 49.1 Å². The lowest BCUT2D eigenvalue weighted by Crippen LogP contribution is -2.36. The van der Waals surface area contributed by atoms with Crippen LogP contribution >= 0.6 is 0 Å². The number of rotatable bonds is 4. The van der Waals surface area contributed by atoms with E-state index in [0.717, 1.165) is 42.6 Å². The second-order valence-electron chi connectivity index (χ2n) is 6.95. The van der Waals surface area contributed by atoms with Crippen LogP contribution in [0.25, 0.3) is 11.8 Å². The van der Waals surface area contributed by atoms with Gasteiger partial charge in [-0.2, -0.15) is 10.4 Å². The van der Waals surface area contributed by atoms with Crippen molar-refractivity contribution < 1.29 is 9.18 Å². The van der Waals surface area contributed by atoms with Gasteiger partial charge >= 0.3 is 0 Å². The van der Waals surface area contributed by atoms with E-state index in [2.05, 4.69) is 10.4 Å². The van der Waals surface area contributed by atoms with Crippen LogP contribution < -0.4 is 5.32 Å². The van der Waals surface area contributed by atoms with E-state index in [1.807, 2.05) is 19.9 Å². The first-order chi connectivity index (χ1) is 13.0. The van der Waals surface area contributed by atoms with Crippen LogP contribution in [-0.2, 0) is 4.79 Å². The summed E-state index contributed by atoms with van der Waals surface area (Å²) in [5.74, 6) is -0.649. The van der Waals surface area contributed by atoms with Gasteiger partial charge in [0.15, 0.2) is 0 Å². The van der Waals surface area contributed by atoms with Crippen molar-refractivity contribution in [2.45, 2.75) is 52.0 Å². The highest BCUT2D eigenvalue weighted by Gasteiger charge is 2.19. The van der Waals surface area contributed by atoms with Gasteiger partial charge in [0.1, 0.15) is 17.5 Å². The quantitative estimate of drug-likeness (QED) is 0.657. The zero-order chi connectivity index (χ0) is 19.4. The standard InChI is InChI=1S/C21H23FN4O/c1-14-20(15(2)26(25-14)19-10-8-17(22)9-11-19)12-16(13-23)21(27)24-18-6-4-3-5-7-18/h8-12,18H,3-7H2,1-2H3,(H,24,27)/b16-12+. The van der Waals surface area contributed by atoms with E-state index in [1.165, 1.54) is 18.6 Å². The van der Waals surface area contributed by atoms with Crippen molar-refractivity contribution in [3.05, 3.63) is 52.6 Å². The van der Waals surface area contributed by atoms with Crippen molar-refractivity contribution in [3.63, 3.8) is 0 Å². The highest BCUT2D eigenvalue weighted by atomic mass is 19.1. The third-order valence-corrected chi connectivity index (χ3v) is 5.01. The van der Waals surface area contributed by atoms with E-state index in [4.69, 9.17) is 0 Å². The van der Waals surface area contributed by atoms with E-state index < -0.39 is 0 Å². The number of carbonyl (C=O) groups is 1. The zero-order valence-corrected chi connectivity index (χ0v) is 15.6. The van der Waals surface area contributed by atoms with Crippen molar-refractivity contribution in [1.82, 2.24) is 15.1 Å². The first-order valence-corrected chi connectivity index (χ1v) is 9.24. The molecule has 0 saturated heterocycles. The normalized spacial score (nSPS) is 15.4. The molecule has 140 valence electrons. The first kappa shape index (κ1) is 18.8. The Morgan fingerprint density at radius 3 is 2.56 bits per heavy atom. The van der Waals surface area contributed by atoms with Crippen LogP contribution in [0.15, 0.2) is 29.8 Å². The Bertz CT molecular complexity index is 899. The Labute approximate surface area is 158 Å². The fourth-order valence-corrected chi connectivity index (χ4v) is 3.50. The lowest BCUT2D eigenvalue weighted by atomic mass is 9.95. The van der Waals surface area contributed by atoms with Crippen LogP contribution in [0.2, 0.25) is 0 Å². The van der Waals surface area contributed by atoms with Crippen LogP contribution in [-0.4, -0.2) is 21.7 Å². The second-order valence-corrected chi connectivity index (χ2v) is 6.95. The smallest absolute Gasteiger partial charge is 0.262 e. The van der Waals surface area contributed by atoms with E-state index in [-0.39, 0.29) is 23.3 Å². The van der Waals surface area contributed by atoms with Crippen molar-refractivity contribution in [2.75, 3.05) is 0 Å². The topological polar surface area (TPSA) is 70.7 Å². The lowest BCUT2D eigenvalue weighted by Gasteiger charge is -2.22. The number of nitrogens with one attached hydrogen (secondary N) is 1. The first-order valence-electron chi connectivity index (χ1n) is 9.24. The average molecular weight is 366 g/mol. The average Bonchev–Trinajstić information content (AvgIpc) is 2.95. The van der Waals surface area contributed by atoms with Gasteiger partial charge in [0.2, 0.25) is 0 Å². The van der Waals surface area contributed by atoms with Gasteiger partial charge in [0.25, 0.3) is 5.91 Å². The fraction of sp³-hybridized carbons (Fsp3) is 0.381. The number of benzene rings is 1. The summed E-state index contributed by atoms with van der Waals surface area (Å²) in [5, 5.41) is 16.9. The van der Waals surface area contributed by atoms with Crippen molar-refractivity contribution in [3.8, 4) is 11.8 Å². The maximum absolute atomic E-state index is 13.2. The molecule has 5 nitrogen and oxygen atoms in total. The second kappa shape index (κ2) is 8.17. The zero-order valence-electron chi connectivity index (χ0n) is 15.6. The number of hydrogen-bond acceptors (Lipinski definition) is 3. The highest BCUT2D eigenvalue weighted by Crippen LogP contribution is 2.22. The Morgan fingerprint density at radius 1 is 1.26 bits per heavy atom. The number of halogens is 1. The summed E-state index contributed by atoms with van der Waals surface area (Å²) in [6.07, 6.45) is 6.94. The molecule has 1 aromatic carbocycles. The monoisotopic (exact) mass is 366 g/mol. The molecule has 1 N–H and O–H groups in total. The minimum atomic E-state index is -0.335. The summed E-state index contributed by atoms with van der Waals surface area (Å²) in [6, 6.07) is 8.19. The van der Waals surface area contributed by atoms with Gasteiger partial charge in [-0.05, 0) is 57.0 Å². The van der Waals surface area contributed by atoms with Gasteiger partial charge in [0.05, 0.1) is 11.4 Å². The summed E-state index contributed by atoms with van der Waals surface area (Å²) in [4.78, 5) is 12.5. The predicted molar refractivity (Wildman–Crippen MR) is 102 cm³/mol. The molecular weight excluding hydrogens is 343 g/mol. The molecule has 2 aromatic rings. The summed E-state index contributed by atoms with van der Waals surface area (Å²) in [6.45, 7) is 3.69. The van der Waals surface area contributed by atoms with Crippen LogP contribution in [0.3, 0.4) is 0 Å². The summed E-state index contributed by atoms with van der Waals surface area (Å²) < 4.78 is 14.9. The molecular formula is C21H23FN4O. The molecule has 0 atom stereocenters. The van der Waals surface area contributed by atoms with Gasteiger partial charge in [-0.1, -0.05) is 19.3 Å². The minimum Gasteiger partial charge on any atom is -0.349 e. The molecule has 1 aliphatic rings. The molecule has 1 aromatic heterocycles. The van der Waals surface area contributed by atoms with Crippen molar-refractivity contribution in [2.24, 2.45) is 0 Å². The maximum atomic E-state index is 13.2. The number of aryl methyl sites for hydroxylation is 1. The number of carbonyl (C=O) groups excluding carboxylic acids is 1. The summed E-state index contributed by atoms with van der Waals surface area (Å²) in [5.41, 5.74) is 3.02. The molecule has 0 spiro atoms. The Kier molecular flexibility index (Phi) is 5.70. The summed E-state index contributed by atoms with van der Waals surface area (Å²) in [7, 11) is 0. The molecule has 0 unspecified atom stereocenters. The van der Waals surface area contributed by atoms with E-state index in [9.17, 15) is 14.4 Å². The van der Waals surface area contributed by atoms with E-state index >= 15 is 0 Å². The Hall–Kier alpha value is -2.94. The molecule has 0 radical (unpaired) electrons. The number of nitrogens with zero attached hydrogens (tertiary/aromatic N) is 3. The van der Waals surface area contributed by atoms with Gasteiger partial charge in [-0.3, -0.25) is 4.79 Å². The number of hydrogen-bond donors (Lipinski definition) is 1. The Morgan fingerprint density at radius 2 is 1.93 bits per heavy atom. The molecule has 1 fully saturated rings. The predicted octanol–water partition coefficient (Wildman–Crippen LogP) is 3.98. The van der Waals surface area contributed by atoms with Crippen molar-refractivity contribution in [1.29, 1.82) is 5.26 Å². The number of nitriles is 1. The van der Waals surface area contributed by atoms with Crippen LogP contribution in [0.5, 0.6) is 0 Å². The SMILES string of the molecule is Cc1nn(-c2ccc(F)cc2)c(C)c1/C=C(\C#N)C(=O)NC1CCCCC1. The van der Waals surface area contributed by atoms with Gasteiger partial charge in [-0.25, -0.2) is 9.07 Å². The molecule has 3 rings (SSSR count). The molecule has 1 heterocycles. The molecule has 27 heavy (non-hydrogen) atoms. The highest BCUT2D eigenvalue weighted by molar-refractivity contribution is 6.02. The molecule has 1 saturated carbocycles. The molecule has 6 heteroatoms. The summed E-state index contributed by atoms with van der Waals surface area (Å²) >= 11 is 0. The molecule has 0 aliphatic heterocycles.